The van der Waals surface area contributed by atoms with Gasteiger partial charge in [0.1, 0.15) is 11.6 Å². The summed E-state index contributed by atoms with van der Waals surface area (Å²) in [6, 6.07) is 2.76. The SMILES string of the molecule is Cc1nnc(N(C)C2CCC(C)(C)CC2)c(C#N)c1C. The van der Waals surface area contributed by atoms with Gasteiger partial charge in [0.05, 0.1) is 5.69 Å². The van der Waals surface area contributed by atoms with Gasteiger partial charge in [0.2, 0.25) is 0 Å². The zero-order chi connectivity index (χ0) is 14.9. The molecule has 0 amide bonds. The maximum Gasteiger partial charge on any atom is 0.169 e. The minimum atomic E-state index is 0.449. The van der Waals surface area contributed by atoms with Gasteiger partial charge in [-0.1, -0.05) is 13.8 Å². The Morgan fingerprint density at radius 3 is 2.35 bits per heavy atom. The Balaban J connectivity index is 2.25. The first-order valence-corrected chi connectivity index (χ1v) is 7.32. The predicted octanol–water partition coefficient (Wildman–Crippen LogP) is 3.37. The lowest BCUT2D eigenvalue weighted by Gasteiger charge is -2.39. The van der Waals surface area contributed by atoms with Gasteiger partial charge in [-0.25, -0.2) is 0 Å². The molecule has 0 saturated heterocycles. The molecule has 0 N–H and O–H groups in total. The summed E-state index contributed by atoms with van der Waals surface area (Å²) in [5.74, 6) is 0.736. The predicted molar refractivity (Wildman–Crippen MR) is 80.7 cm³/mol. The molecule has 4 nitrogen and oxygen atoms in total. The van der Waals surface area contributed by atoms with Crippen molar-refractivity contribution in [3.63, 3.8) is 0 Å². The molecule has 0 atom stereocenters. The lowest BCUT2D eigenvalue weighted by Crippen LogP contribution is -2.38. The fourth-order valence-electron chi connectivity index (χ4n) is 2.92. The minimum absolute atomic E-state index is 0.449. The highest BCUT2D eigenvalue weighted by Crippen LogP contribution is 2.38. The molecule has 1 heterocycles. The third kappa shape index (κ3) is 2.77. The van der Waals surface area contributed by atoms with Crippen LogP contribution in [-0.2, 0) is 0 Å². The Hall–Kier alpha value is -1.63. The first-order chi connectivity index (χ1) is 9.35. The molecule has 2 rings (SSSR count). The van der Waals surface area contributed by atoms with Crippen LogP contribution in [0.5, 0.6) is 0 Å². The van der Waals surface area contributed by atoms with E-state index >= 15 is 0 Å². The Bertz CT molecular complexity index is 532. The average Bonchev–Trinajstić information content (AvgIpc) is 2.41. The standard InChI is InChI=1S/C16H24N4/c1-11-12(2)18-19-15(14(11)10-17)20(5)13-6-8-16(3,4)9-7-13/h13H,6-9H2,1-5H3. The highest BCUT2D eigenvalue weighted by molar-refractivity contribution is 5.57. The Morgan fingerprint density at radius 1 is 1.20 bits per heavy atom. The van der Waals surface area contributed by atoms with Gasteiger partial charge < -0.3 is 4.90 Å². The summed E-state index contributed by atoms with van der Waals surface area (Å²) < 4.78 is 0. The third-order valence-corrected chi connectivity index (χ3v) is 4.74. The van der Waals surface area contributed by atoms with Crippen LogP contribution in [0.4, 0.5) is 5.82 Å². The Labute approximate surface area is 121 Å². The summed E-state index contributed by atoms with van der Waals surface area (Å²) in [5.41, 5.74) is 2.90. The van der Waals surface area contributed by atoms with Gasteiger partial charge >= 0.3 is 0 Å². The fourth-order valence-corrected chi connectivity index (χ4v) is 2.92. The van der Waals surface area contributed by atoms with Crippen LogP contribution in [0.15, 0.2) is 0 Å². The van der Waals surface area contributed by atoms with E-state index in [0.717, 1.165) is 29.9 Å². The van der Waals surface area contributed by atoms with Crippen LogP contribution in [0, 0.1) is 30.6 Å². The van der Waals surface area contributed by atoms with Gasteiger partial charge in [0.25, 0.3) is 0 Å². The summed E-state index contributed by atoms with van der Waals surface area (Å²) in [6.45, 7) is 8.51. The largest absolute Gasteiger partial charge is 0.354 e. The van der Waals surface area contributed by atoms with E-state index in [4.69, 9.17) is 0 Å². The lowest BCUT2D eigenvalue weighted by atomic mass is 9.75. The van der Waals surface area contributed by atoms with Crippen LogP contribution in [0.2, 0.25) is 0 Å². The van der Waals surface area contributed by atoms with Gasteiger partial charge in [0, 0.05) is 13.1 Å². The normalized spacial score (nSPS) is 18.6. The van der Waals surface area contributed by atoms with Crippen molar-refractivity contribution in [3.05, 3.63) is 16.8 Å². The minimum Gasteiger partial charge on any atom is -0.354 e. The second-order valence-electron chi connectivity index (χ2n) is 6.73. The van der Waals surface area contributed by atoms with E-state index < -0.39 is 0 Å². The van der Waals surface area contributed by atoms with E-state index in [9.17, 15) is 5.26 Å². The van der Waals surface area contributed by atoms with Crippen molar-refractivity contribution >= 4 is 5.82 Å². The monoisotopic (exact) mass is 272 g/mol. The molecule has 1 aromatic rings. The number of hydrogen-bond donors (Lipinski definition) is 0. The van der Waals surface area contributed by atoms with Crippen molar-refractivity contribution < 1.29 is 0 Å². The lowest BCUT2D eigenvalue weighted by molar-refractivity contribution is 0.222. The van der Waals surface area contributed by atoms with Crippen molar-refractivity contribution in [2.45, 2.75) is 59.4 Å². The van der Waals surface area contributed by atoms with E-state index in [2.05, 4.69) is 35.0 Å². The maximum atomic E-state index is 9.41. The second kappa shape index (κ2) is 5.40. The summed E-state index contributed by atoms with van der Waals surface area (Å²) in [5, 5.41) is 17.9. The molecule has 1 aliphatic carbocycles. The number of aryl methyl sites for hydroxylation is 1. The number of aromatic nitrogens is 2. The van der Waals surface area contributed by atoms with Crippen LogP contribution < -0.4 is 4.90 Å². The summed E-state index contributed by atoms with van der Waals surface area (Å²) in [6.07, 6.45) is 4.76. The van der Waals surface area contributed by atoms with Crippen LogP contribution in [0.1, 0.15) is 56.4 Å². The van der Waals surface area contributed by atoms with Crippen molar-refractivity contribution in [3.8, 4) is 6.07 Å². The molecule has 1 fully saturated rings. The quantitative estimate of drug-likeness (QED) is 0.828. The molecule has 0 unspecified atom stereocenters. The average molecular weight is 272 g/mol. The van der Waals surface area contributed by atoms with Crippen LogP contribution in [-0.4, -0.2) is 23.3 Å². The van der Waals surface area contributed by atoms with Gasteiger partial charge in [-0.05, 0) is 50.5 Å². The number of nitrogens with zero attached hydrogens (tertiary/aromatic N) is 4. The van der Waals surface area contributed by atoms with Crippen molar-refractivity contribution in [1.82, 2.24) is 10.2 Å². The number of anilines is 1. The zero-order valence-corrected chi connectivity index (χ0v) is 13.2. The molecule has 0 spiro atoms. The van der Waals surface area contributed by atoms with Gasteiger partial charge in [-0.3, -0.25) is 0 Å². The summed E-state index contributed by atoms with van der Waals surface area (Å²) >= 11 is 0. The maximum absolute atomic E-state index is 9.41. The molecule has 108 valence electrons. The number of nitriles is 1. The smallest absolute Gasteiger partial charge is 0.169 e. The van der Waals surface area contributed by atoms with E-state index in [-0.39, 0.29) is 0 Å². The van der Waals surface area contributed by atoms with E-state index in [1.165, 1.54) is 12.8 Å². The fraction of sp³-hybridized carbons (Fsp3) is 0.688. The molecule has 0 aliphatic heterocycles. The first kappa shape index (κ1) is 14.8. The first-order valence-electron chi connectivity index (χ1n) is 7.32. The van der Waals surface area contributed by atoms with Gasteiger partial charge in [-0.2, -0.15) is 10.4 Å². The molecule has 0 aromatic carbocycles. The highest BCUT2D eigenvalue weighted by Gasteiger charge is 2.30. The number of rotatable bonds is 2. The second-order valence-corrected chi connectivity index (χ2v) is 6.73. The zero-order valence-electron chi connectivity index (χ0n) is 13.2. The Kier molecular flexibility index (Phi) is 3.99. The van der Waals surface area contributed by atoms with Crippen LogP contribution in [0.25, 0.3) is 0 Å². The molecule has 4 heteroatoms. The molecule has 1 saturated carbocycles. The summed E-state index contributed by atoms with van der Waals surface area (Å²) in [7, 11) is 2.04. The molecular weight excluding hydrogens is 248 g/mol. The van der Waals surface area contributed by atoms with Gasteiger partial charge in [0.15, 0.2) is 5.82 Å². The molecule has 20 heavy (non-hydrogen) atoms. The van der Waals surface area contributed by atoms with Crippen LogP contribution in [0.3, 0.4) is 0 Å². The van der Waals surface area contributed by atoms with E-state index in [1.54, 1.807) is 0 Å². The molecule has 0 radical (unpaired) electrons. The molecule has 1 aliphatic rings. The van der Waals surface area contributed by atoms with E-state index in [0.29, 0.717) is 17.0 Å². The van der Waals surface area contributed by atoms with E-state index in [1.807, 2.05) is 20.9 Å². The van der Waals surface area contributed by atoms with Crippen molar-refractivity contribution in [2.75, 3.05) is 11.9 Å². The van der Waals surface area contributed by atoms with Crippen LogP contribution >= 0.6 is 0 Å². The summed E-state index contributed by atoms with van der Waals surface area (Å²) in [4.78, 5) is 2.16. The topological polar surface area (TPSA) is 52.8 Å². The third-order valence-electron chi connectivity index (χ3n) is 4.74. The van der Waals surface area contributed by atoms with Gasteiger partial charge in [-0.15, -0.1) is 5.10 Å². The molecule has 1 aromatic heterocycles. The Morgan fingerprint density at radius 2 is 1.80 bits per heavy atom. The van der Waals surface area contributed by atoms with Crippen molar-refractivity contribution in [2.24, 2.45) is 5.41 Å². The molecular formula is C16H24N4. The van der Waals surface area contributed by atoms with Crippen molar-refractivity contribution in [1.29, 1.82) is 5.26 Å². The molecule has 0 bridgehead atoms. The highest BCUT2D eigenvalue weighted by atomic mass is 15.3. The number of hydrogen-bond acceptors (Lipinski definition) is 4.